The molecule has 0 atom stereocenters. The molecule has 4 heterocycles. The van der Waals surface area contributed by atoms with E-state index in [1.807, 2.05) is 35.6 Å². The molecule has 10 heteroatoms. The monoisotopic (exact) mass is 474 g/mol. The molecule has 3 aromatic rings. The summed E-state index contributed by atoms with van der Waals surface area (Å²) in [5, 5.41) is 11.4. The van der Waals surface area contributed by atoms with E-state index in [4.69, 9.17) is 16.3 Å². The lowest BCUT2D eigenvalue weighted by Crippen LogP contribution is -2.42. The Labute approximate surface area is 195 Å². The maximum absolute atomic E-state index is 12.1. The standard InChI is InChI=1S/C16H20N6OS.C6H4ClF/c1-21-4-2-13(20-21)12-10-18-15(16-17-3-9-24-16)19-14(12)11-22-5-7-23-8-6-22;7-5-2-1-3-6(8)4-5/h2-4,9H,5-8,10-11H2,1H3,(H,18,19);1-4H. The zero-order valence-electron chi connectivity index (χ0n) is 17.7. The summed E-state index contributed by atoms with van der Waals surface area (Å²) >= 11 is 7.00. The van der Waals surface area contributed by atoms with Gasteiger partial charge in [-0.3, -0.25) is 14.6 Å². The van der Waals surface area contributed by atoms with Gasteiger partial charge in [0.2, 0.25) is 0 Å². The van der Waals surface area contributed by atoms with Crippen LogP contribution >= 0.6 is 22.9 Å². The molecular weight excluding hydrogens is 451 g/mol. The van der Waals surface area contributed by atoms with Crippen molar-refractivity contribution >= 4 is 34.3 Å². The number of hydrogen-bond acceptors (Lipinski definition) is 7. The summed E-state index contributed by atoms with van der Waals surface area (Å²) in [6.45, 7) is 4.95. The predicted octanol–water partition coefficient (Wildman–Crippen LogP) is 3.45. The topological polar surface area (TPSA) is 67.6 Å². The first kappa shape index (κ1) is 22.6. The number of morpholine rings is 1. The molecular formula is C22H24ClFN6OS. The van der Waals surface area contributed by atoms with Crippen molar-refractivity contribution in [2.24, 2.45) is 12.0 Å². The van der Waals surface area contributed by atoms with Crippen LogP contribution in [0.2, 0.25) is 5.02 Å². The summed E-state index contributed by atoms with van der Waals surface area (Å²) in [5.74, 6) is 0.561. The van der Waals surface area contributed by atoms with Gasteiger partial charge in [-0.2, -0.15) is 5.10 Å². The molecule has 32 heavy (non-hydrogen) atoms. The number of aryl methyl sites for hydroxylation is 1. The highest BCUT2D eigenvalue weighted by Gasteiger charge is 2.22. The molecule has 168 valence electrons. The van der Waals surface area contributed by atoms with Crippen molar-refractivity contribution in [1.29, 1.82) is 0 Å². The van der Waals surface area contributed by atoms with E-state index in [1.54, 1.807) is 23.5 Å². The molecule has 0 aliphatic carbocycles. The van der Waals surface area contributed by atoms with Gasteiger partial charge in [-0.15, -0.1) is 11.3 Å². The highest BCUT2D eigenvalue weighted by atomic mass is 35.5. The number of hydrogen-bond donors (Lipinski definition) is 1. The second kappa shape index (κ2) is 10.8. The molecule has 0 spiro atoms. The van der Waals surface area contributed by atoms with Crippen LogP contribution in [0.1, 0.15) is 10.7 Å². The molecule has 7 nitrogen and oxygen atoms in total. The molecule has 2 aromatic heterocycles. The molecule has 2 aliphatic rings. The number of nitrogens with one attached hydrogen (secondary N) is 1. The van der Waals surface area contributed by atoms with Gasteiger partial charge in [0.15, 0.2) is 10.8 Å². The number of nitrogens with zero attached hydrogens (tertiary/aromatic N) is 5. The molecule has 2 aliphatic heterocycles. The third kappa shape index (κ3) is 6.01. The molecule has 1 N–H and O–H groups in total. The van der Waals surface area contributed by atoms with E-state index >= 15 is 0 Å². The van der Waals surface area contributed by atoms with Gasteiger partial charge in [-0.1, -0.05) is 17.7 Å². The van der Waals surface area contributed by atoms with Crippen LogP contribution in [-0.2, 0) is 11.8 Å². The largest absolute Gasteiger partial charge is 0.379 e. The van der Waals surface area contributed by atoms with Crippen LogP contribution in [0.15, 0.2) is 58.8 Å². The molecule has 1 saturated heterocycles. The Balaban J connectivity index is 0.000000260. The fourth-order valence-electron chi connectivity index (χ4n) is 3.36. The zero-order chi connectivity index (χ0) is 22.3. The van der Waals surface area contributed by atoms with Gasteiger partial charge in [0.25, 0.3) is 0 Å². The Kier molecular flexibility index (Phi) is 7.64. The first-order valence-corrected chi connectivity index (χ1v) is 11.5. The first-order chi connectivity index (χ1) is 15.6. The minimum atomic E-state index is -0.294. The zero-order valence-corrected chi connectivity index (χ0v) is 19.2. The first-order valence-electron chi connectivity index (χ1n) is 10.2. The smallest absolute Gasteiger partial charge is 0.162 e. The minimum Gasteiger partial charge on any atom is -0.379 e. The van der Waals surface area contributed by atoms with E-state index in [0.29, 0.717) is 11.6 Å². The van der Waals surface area contributed by atoms with Crippen molar-refractivity contribution in [3.05, 3.63) is 75.3 Å². The van der Waals surface area contributed by atoms with Gasteiger partial charge >= 0.3 is 0 Å². The number of aliphatic imine (C=N–C) groups is 1. The van der Waals surface area contributed by atoms with Crippen LogP contribution in [0.5, 0.6) is 0 Å². The molecule has 5 rings (SSSR count). The van der Waals surface area contributed by atoms with Gasteiger partial charge in [0.05, 0.1) is 25.5 Å². The van der Waals surface area contributed by atoms with Crippen molar-refractivity contribution in [3.63, 3.8) is 0 Å². The Morgan fingerprint density at radius 3 is 2.72 bits per heavy atom. The van der Waals surface area contributed by atoms with E-state index in [2.05, 4.69) is 25.3 Å². The van der Waals surface area contributed by atoms with Gasteiger partial charge in [0, 0.05) is 60.7 Å². The number of rotatable bonds is 4. The van der Waals surface area contributed by atoms with E-state index in [1.165, 1.54) is 12.1 Å². The number of benzene rings is 1. The number of thiazole rings is 1. The molecule has 0 radical (unpaired) electrons. The van der Waals surface area contributed by atoms with Gasteiger partial charge in [0.1, 0.15) is 5.82 Å². The summed E-state index contributed by atoms with van der Waals surface area (Å²) < 4.78 is 19.4. The molecule has 0 unspecified atom stereocenters. The minimum absolute atomic E-state index is 0.294. The van der Waals surface area contributed by atoms with Crippen molar-refractivity contribution in [1.82, 2.24) is 25.0 Å². The normalized spacial score (nSPS) is 16.8. The van der Waals surface area contributed by atoms with Crippen molar-refractivity contribution in [3.8, 4) is 0 Å². The summed E-state index contributed by atoms with van der Waals surface area (Å²) in [6.07, 6.45) is 3.78. The van der Waals surface area contributed by atoms with E-state index < -0.39 is 0 Å². The average molecular weight is 475 g/mol. The number of ether oxygens (including phenoxy) is 1. The fraction of sp³-hybridized carbons (Fsp3) is 0.318. The lowest BCUT2D eigenvalue weighted by atomic mass is 10.1. The van der Waals surface area contributed by atoms with E-state index in [-0.39, 0.29) is 5.82 Å². The third-order valence-corrected chi connectivity index (χ3v) is 5.97. The van der Waals surface area contributed by atoms with Crippen LogP contribution in [0.4, 0.5) is 4.39 Å². The number of halogens is 2. The van der Waals surface area contributed by atoms with Gasteiger partial charge in [-0.25, -0.2) is 9.37 Å². The molecule has 1 aromatic carbocycles. The Morgan fingerprint density at radius 1 is 1.25 bits per heavy atom. The Bertz CT molecular complexity index is 1070. The Hall–Kier alpha value is -2.59. The second-order valence-electron chi connectivity index (χ2n) is 7.29. The average Bonchev–Trinajstić information content (AvgIpc) is 3.47. The summed E-state index contributed by atoms with van der Waals surface area (Å²) in [6, 6.07) is 7.86. The maximum Gasteiger partial charge on any atom is 0.162 e. The summed E-state index contributed by atoms with van der Waals surface area (Å²) in [5.41, 5.74) is 3.30. The van der Waals surface area contributed by atoms with Crippen LogP contribution in [0, 0.1) is 5.82 Å². The lowest BCUT2D eigenvalue weighted by molar-refractivity contribution is 0.0419. The van der Waals surface area contributed by atoms with E-state index in [9.17, 15) is 4.39 Å². The Morgan fingerprint density at radius 2 is 2.09 bits per heavy atom. The number of aromatic nitrogens is 3. The third-order valence-electron chi connectivity index (χ3n) is 4.96. The second-order valence-corrected chi connectivity index (χ2v) is 8.62. The van der Waals surface area contributed by atoms with Crippen molar-refractivity contribution in [2.75, 3.05) is 39.4 Å². The maximum atomic E-state index is 12.1. The van der Waals surface area contributed by atoms with Gasteiger partial charge < -0.3 is 10.1 Å². The van der Waals surface area contributed by atoms with Crippen LogP contribution < -0.4 is 5.32 Å². The highest BCUT2D eigenvalue weighted by Crippen LogP contribution is 2.22. The van der Waals surface area contributed by atoms with Crippen LogP contribution in [0.3, 0.4) is 0 Å². The highest BCUT2D eigenvalue weighted by molar-refractivity contribution is 7.11. The van der Waals surface area contributed by atoms with Crippen LogP contribution in [-0.4, -0.2) is 64.9 Å². The molecule has 0 amide bonds. The summed E-state index contributed by atoms with van der Waals surface area (Å²) in [7, 11) is 1.94. The SMILES string of the molecule is Cn1ccc(C2=C(CN3CCOCC3)NC(c3nccs3)=NC2)n1.Fc1cccc(Cl)c1. The molecule has 1 fully saturated rings. The quantitative estimate of drug-likeness (QED) is 0.627. The fourth-order valence-corrected chi connectivity index (χ4v) is 4.14. The predicted molar refractivity (Wildman–Crippen MR) is 125 cm³/mol. The summed E-state index contributed by atoms with van der Waals surface area (Å²) in [4.78, 5) is 11.5. The lowest BCUT2D eigenvalue weighted by Gasteiger charge is -2.30. The molecule has 0 saturated carbocycles. The van der Waals surface area contributed by atoms with Crippen LogP contribution in [0.25, 0.3) is 5.57 Å². The number of amidine groups is 1. The van der Waals surface area contributed by atoms with Crippen molar-refractivity contribution < 1.29 is 9.13 Å². The van der Waals surface area contributed by atoms with E-state index in [0.717, 1.165) is 60.7 Å². The molecule has 0 bridgehead atoms. The van der Waals surface area contributed by atoms with Gasteiger partial charge in [-0.05, 0) is 24.3 Å². The van der Waals surface area contributed by atoms with Crippen molar-refractivity contribution in [2.45, 2.75) is 0 Å².